The molecule has 1 heterocycles. The average molecular weight is 521 g/mol. The summed E-state index contributed by atoms with van der Waals surface area (Å²) in [5, 5.41) is 0. The van der Waals surface area contributed by atoms with Gasteiger partial charge in [0.2, 0.25) is 0 Å². The molecule has 2 aromatic rings. The van der Waals surface area contributed by atoms with Crippen molar-refractivity contribution in [3.05, 3.63) is 42.2 Å². The van der Waals surface area contributed by atoms with Crippen molar-refractivity contribution in [2.45, 2.75) is 142 Å². The lowest BCUT2D eigenvalue weighted by Gasteiger charge is -2.28. The first-order chi connectivity index (χ1) is 18.8. The summed E-state index contributed by atoms with van der Waals surface area (Å²) in [6.07, 6.45) is 31.5. The molecule has 1 saturated carbocycles. The van der Waals surface area contributed by atoms with Gasteiger partial charge in [-0.25, -0.2) is 9.97 Å². The van der Waals surface area contributed by atoms with Gasteiger partial charge in [-0.05, 0) is 67.3 Å². The molecule has 212 valence electrons. The Hall–Kier alpha value is -1.90. The highest BCUT2D eigenvalue weighted by molar-refractivity contribution is 5.55. The van der Waals surface area contributed by atoms with E-state index in [9.17, 15) is 0 Å². The molecule has 0 N–H and O–H groups in total. The SMILES string of the molecule is CCCCCCCCCC[C@H]1CC[C@H](CCCOc2ccc(-c3ncc(CCCCCC)cn3)cc2)CC1. The molecular weight excluding hydrogens is 464 g/mol. The molecule has 0 amide bonds. The van der Waals surface area contributed by atoms with E-state index in [0.29, 0.717) is 0 Å². The zero-order valence-electron chi connectivity index (χ0n) is 24.8. The molecule has 38 heavy (non-hydrogen) atoms. The molecule has 0 radical (unpaired) electrons. The minimum atomic E-state index is 0.798. The number of nitrogens with zero attached hydrogens (tertiary/aromatic N) is 2. The molecule has 1 aliphatic rings. The summed E-state index contributed by atoms with van der Waals surface area (Å²) in [4.78, 5) is 9.19. The Kier molecular flexibility index (Phi) is 15.5. The molecule has 0 atom stereocenters. The Bertz CT molecular complexity index is 824. The van der Waals surface area contributed by atoms with Crippen molar-refractivity contribution in [3.63, 3.8) is 0 Å². The van der Waals surface area contributed by atoms with Crippen LogP contribution in [0.5, 0.6) is 5.75 Å². The van der Waals surface area contributed by atoms with Crippen LogP contribution in [0.2, 0.25) is 0 Å². The van der Waals surface area contributed by atoms with Crippen molar-refractivity contribution in [2.24, 2.45) is 11.8 Å². The van der Waals surface area contributed by atoms with Gasteiger partial charge in [0.25, 0.3) is 0 Å². The molecular formula is C35H56N2O. The van der Waals surface area contributed by atoms with E-state index in [-0.39, 0.29) is 0 Å². The summed E-state index contributed by atoms with van der Waals surface area (Å²) in [7, 11) is 0. The average Bonchev–Trinajstić information content (AvgIpc) is 2.96. The second kappa shape index (κ2) is 19.2. The van der Waals surface area contributed by atoms with Gasteiger partial charge in [-0.1, -0.05) is 117 Å². The van der Waals surface area contributed by atoms with Crippen LogP contribution in [0.4, 0.5) is 0 Å². The molecule has 0 spiro atoms. The minimum Gasteiger partial charge on any atom is -0.494 e. The van der Waals surface area contributed by atoms with Crippen molar-refractivity contribution in [2.75, 3.05) is 6.61 Å². The molecule has 0 unspecified atom stereocenters. The Morgan fingerprint density at radius 2 is 1.16 bits per heavy atom. The number of hydrogen-bond acceptors (Lipinski definition) is 3. The maximum atomic E-state index is 6.06. The van der Waals surface area contributed by atoms with Gasteiger partial charge in [-0.3, -0.25) is 0 Å². The smallest absolute Gasteiger partial charge is 0.159 e. The summed E-state index contributed by atoms with van der Waals surface area (Å²) in [6, 6.07) is 8.29. The lowest BCUT2D eigenvalue weighted by molar-refractivity contribution is 0.228. The van der Waals surface area contributed by atoms with Gasteiger partial charge < -0.3 is 4.74 Å². The van der Waals surface area contributed by atoms with Crippen LogP contribution in [0, 0.1) is 11.8 Å². The van der Waals surface area contributed by atoms with E-state index in [1.54, 1.807) is 0 Å². The summed E-state index contributed by atoms with van der Waals surface area (Å²) in [5.41, 5.74) is 2.29. The largest absolute Gasteiger partial charge is 0.494 e. The highest BCUT2D eigenvalue weighted by Gasteiger charge is 2.20. The number of unbranched alkanes of at least 4 members (excludes halogenated alkanes) is 10. The highest BCUT2D eigenvalue weighted by Crippen LogP contribution is 2.34. The topological polar surface area (TPSA) is 35.0 Å². The van der Waals surface area contributed by atoms with Crippen LogP contribution in [-0.2, 0) is 6.42 Å². The van der Waals surface area contributed by atoms with Crippen LogP contribution < -0.4 is 4.74 Å². The Labute approximate surface area is 234 Å². The van der Waals surface area contributed by atoms with Crippen molar-refractivity contribution in [1.29, 1.82) is 0 Å². The number of rotatable bonds is 20. The van der Waals surface area contributed by atoms with Crippen LogP contribution in [0.1, 0.15) is 141 Å². The molecule has 1 aliphatic carbocycles. The monoisotopic (exact) mass is 520 g/mol. The second-order valence-corrected chi connectivity index (χ2v) is 11.9. The van der Waals surface area contributed by atoms with Crippen LogP contribution in [-0.4, -0.2) is 16.6 Å². The summed E-state index contributed by atoms with van der Waals surface area (Å²) in [6.45, 7) is 5.37. The van der Waals surface area contributed by atoms with E-state index >= 15 is 0 Å². The van der Waals surface area contributed by atoms with Gasteiger partial charge in [0.15, 0.2) is 5.82 Å². The number of benzene rings is 1. The highest BCUT2D eigenvalue weighted by atomic mass is 16.5. The predicted molar refractivity (Wildman–Crippen MR) is 163 cm³/mol. The molecule has 0 aliphatic heterocycles. The van der Waals surface area contributed by atoms with E-state index < -0.39 is 0 Å². The first-order valence-electron chi connectivity index (χ1n) is 16.3. The summed E-state index contributed by atoms with van der Waals surface area (Å²) < 4.78 is 6.06. The fourth-order valence-corrected chi connectivity index (χ4v) is 6.03. The fraction of sp³-hybridized carbons (Fsp3) is 0.714. The van der Waals surface area contributed by atoms with E-state index in [1.165, 1.54) is 121 Å². The van der Waals surface area contributed by atoms with Crippen LogP contribution >= 0.6 is 0 Å². The third-order valence-electron chi connectivity index (χ3n) is 8.59. The molecule has 1 aromatic heterocycles. The normalized spacial score (nSPS) is 17.5. The van der Waals surface area contributed by atoms with Crippen molar-refractivity contribution >= 4 is 0 Å². The third-order valence-corrected chi connectivity index (χ3v) is 8.59. The second-order valence-electron chi connectivity index (χ2n) is 11.9. The standard InChI is InChI=1S/C35H56N2O/c1-3-5-7-9-10-11-12-14-16-30-19-21-31(22-20-30)18-15-27-38-34-25-23-33(24-26-34)35-36-28-32(29-37-35)17-13-8-6-4-2/h23-26,28-31H,3-22,27H2,1-2H3/t30-,31-. The Morgan fingerprint density at radius 1 is 0.632 bits per heavy atom. The van der Waals surface area contributed by atoms with Crippen LogP contribution in [0.15, 0.2) is 36.7 Å². The first-order valence-corrected chi connectivity index (χ1v) is 16.3. The van der Waals surface area contributed by atoms with Gasteiger partial charge >= 0.3 is 0 Å². The van der Waals surface area contributed by atoms with Gasteiger partial charge in [-0.15, -0.1) is 0 Å². The zero-order valence-corrected chi connectivity index (χ0v) is 24.8. The van der Waals surface area contributed by atoms with Crippen molar-refractivity contribution in [3.8, 4) is 17.1 Å². The van der Waals surface area contributed by atoms with Gasteiger partial charge in [-0.2, -0.15) is 0 Å². The zero-order chi connectivity index (χ0) is 26.7. The first kappa shape index (κ1) is 30.6. The molecule has 1 aromatic carbocycles. The lowest BCUT2D eigenvalue weighted by Crippen LogP contribution is -2.15. The number of hydrogen-bond donors (Lipinski definition) is 0. The summed E-state index contributed by atoms with van der Waals surface area (Å²) in [5.74, 6) is 3.68. The molecule has 0 saturated heterocycles. The van der Waals surface area contributed by atoms with Crippen LogP contribution in [0.3, 0.4) is 0 Å². The van der Waals surface area contributed by atoms with E-state index in [1.807, 2.05) is 12.4 Å². The number of aromatic nitrogens is 2. The van der Waals surface area contributed by atoms with Crippen LogP contribution in [0.25, 0.3) is 11.4 Å². The molecule has 3 rings (SSSR count). The van der Waals surface area contributed by atoms with E-state index in [4.69, 9.17) is 4.74 Å². The number of aryl methyl sites for hydroxylation is 1. The van der Waals surface area contributed by atoms with Gasteiger partial charge in [0.1, 0.15) is 5.75 Å². The molecule has 3 nitrogen and oxygen atoms in total. The Balaban J connectivity index is 1.22. The lowest BCUT2D eigenvalue weighted by atomic mass is 9.78. The van der Waals surface area contributed by atoms with E-state index in [2.05, 4.69) is 48.1 Å². The summed E-state index contributed by atoms with van der Waals surface area (Å²) >= 11 is 0. The van der Waals surface area contributed by atoms with Gasteiger partial charge in [0.05, 0.1) is 6.61 Å². The fourth-order valence-electron chi connectivity index (χ4n) is 6.03. The molecule has 0 bridgehead atoms. The molecule has 3 heteroatoms. The van der Waals surface area contributed by atoms with Gasteiger partial charge in [0, 0.05) is 18.0 Å². The number of ether oxygens (including phenoxy) is 1. The predicted octanol–water partition coefficient (Wildman–Crippen LogP) is 10.8. The van der Waals surface area contributed by atoms with E-state index in [0.717, 1.165) is 48.4 Å². The Morgan fingerprint density at radius 3 is 1.76 bits per heavy atom. The quantitative estimate of drug-likeness (QED) is 0.163. The maximum absolute atomic E-state index is 6.06. The maximum Gasteiger partial charge on any atom is 0.159 e. The minimum absolute atomic E-state index is 0.798. The molecule has 1 fully saturated rings. The third kappa shape index (κ3) is 12.3. The van der Waals surface area contributed by atoms with Crippen molar-refractivity contribution in [1.82, 2.24) is 9.97 Å². The van der Waals surface area contributed by atoms with Crippen molar-refractivity contribution < 1.29 is 4.74 Å².